The maximum atomic E-state index is 12.1. The molecule has 0 aliphatic rings. The molecule has 98 valence electrons. The number of anilines is 1. The Morgan fingerprint density at radius 2 is 2.16 bits per heavy atom. The average molecular weight is 276 g/mol. The molecule has 0 saturated heterocycles. The average Bonchev–Trinajstić information content (AvgIpc) is 2.38. The minimum Gasteiger partial charge on any atom is -0.399 e. The molecule has 0 unspecified atom stereocenters. The van der Waals surface area contributed by atoms with Gasteiger partial charge in [0.2, 0.25) is 0 Å². The van der Waals surface area contributed by atoms with Crippen molar-refractivity contribution in [1.82, 2.24) is 10.3 Å². The van der Waals surface area contributed by atoms with Crippen molar-refractivity contribution in [2.75, 3.05) is 5.73 Å². The van der Waals surface area contributed by atoms with Gasteiger partial charge in [-0.2, -0.15) is 0 Å². The number of halogens is 1. The lowest BCUT2D eigenvalue weighted by Crippen LogP contribution is -2.27. The molecular formula is C14H14ClN3O. The highest BCUT2D eigenvalue weighted by molar-refractivity contribution is 6.31. The van der Waals surface area contributed by atoms with Gasteiger partial charge in [0, 0.05) is 22.5 Å². The van der Waals surface area contributed by atoms with Gasteiger partial charge in [0.15, 0.2) is 0 Å². The number of nitrogen functional groups attached to an aromatic ring is 1. The summed E-state index contributed by atoms with van der Waals surface area (Å²) < 4.78 is 0. The number of hydrogen-bond acceptors (Lipinski definition) is 3. The third kappa shape index (κ3) is 3.45. The lowest BCUT2D eigenvalue weighted by atomic mass is 10.1. The number of hydrogen-bond donors (Lipinski definition) is 2. The van der Waals surface area contributed by atoms with Gasteiger partial charge >= 0.3 is 0 Å². The minimum absolute atomic E-state index is 0.186. The van der Waals surface area contributed by atoms with Crippen molar-refractivity contribution in [3.63, 3.8) is 0 Å². The Balaban J connectivity index is 2.13. The van der Waals surface area contributed by atoms with E-state index in [0.29, 0.717) is 16.3 Å². The molecular weight excluding hydrogens is 262 g/mol. The molecule has 0 radical (unpaired) electrons. The Kier molecular flexibility index (Phi) is 4.02. The number of aromatic nitrogens is 1. The number of nitrogens with zero attached hydrogens (tertiary/aromatic N) is 1. The van der Waals surface area contributed by atoms with Gasteiger partial charge in [0.05, 0.1) is 11.7 Å². The van der Waals surface area contributed by atoms with Crippen molar-refractivity contribution >= 4 is 23.2 Å². The number of pyridine rings is 1. The van der Waals surface area contributed by atoms with Crippen LogP contribution < -0.4 is 11.1 Å². The summed E-state index contributed by atoms with van der Waals surface area (Å²) in [4.78, 5) is 16.3. The number of carbonyl (C=O) groups excluding carboxylic acids is 1. The van der Waals surface area contributed by atoms with Crippen molar-refractivity contribution in [2.45, 2.75) is 13.0 Å². The van der Waals surface area contributed by atoms with Crippen molar-refractivity contribution in [3.05, 3.63) is 58.9 Å². The van der Waals surface area contributed by atoms with E-state index >= 15 is 0 Å². The van der Waals surface area contributed by atoms with E-state index in [1.807, 2.05) is 25.1 Å². The largest absolute Gasteiger partial charge is 0.399 e. The number of carbonyl (C=O) groups is 1. The van der Waals surface area contributed by atoms with E-state index in [9.17, 15) is 4.79 Å². The number of nitrogens with two attached hydrogens (primary N) is 1. The van der Waals surface area contributed by atoms with Crippen LogP contribution in [0.3, 0.4) is 0 Å². The van der Waals surface area contributed by atoms with E-state index in [0.717, 1.165) is 5.69 Å². The van der Waals surface area contributed by atoms with Crippen LogP contribution in [0.25, 0.3) is 0 Å². The summed E-state index contributed by atoms with van der Waals surface area (Å²) in [6, 6.07) is 10.1. The summed E-state index contributed by atoms with van der Waals surface area (Å²) in [6.45, 7) is 1.87. The Morgan fingerprint density at radius 3 is 2.79 bits per heavy atom. The zero-order valence-corrected chi connectivity index (χ0v) is 11.2. The third-order valence-corrected chi connectivity index (χ3v) is 2.88. The summed E-state index contributed by atoms with van der Waals surface area (Å²) in [5.41, 5.74) is 7.36. The lowest BCUT2D eigenvalue weighted by Gasteiger charge is -2.13. The van der Waals surface area contributed by atoms with E-state index in [1.165, 1.54) is 0 Å². The summed E-state index contributed by atoms with van der Waals surface area (Å²) in [6.07, 6.45) is 1.69. The first-order chi connectivity index (χ1) is 9.06. The number of amides is 1. The zero-order valence-electron chi connectivity index (χ0n) is 10.4. The highest BCUT2D eigenvalue weighted by Crippen LogP contribution is 2.17. The highest BCUT2D eigenvalue weighted by atomic mass is 35.5. The third-order valence-electron chi connectivity index (χ3n) is 2.66. The van der Waals surface area contributed by atoms with Crippen LogP contribution in [0.4, 0.5) is 5.69 Å². The van der Waals surface area contributed by atoms with Crippen LogP contribution in [0, 0.1) is 0 Å². The molecule has 0 aliphatic heterocycles. The second kappa shape index (κ2) is 5.71. The molecule has 2 rings (SSSR count). The Hall–Kier alpha value is -2.07. The van der Waals surface area contributed by atoms with Gasteiger partial charge in [-0.1, -0.05) is 17.7 Å². The predicted molar refractivity (Wildman–Crippen MR) is 76.0 cm³/mol. The first-order valence-electron chi connectivity index (χ1n) is 5.84. The van der Waals surface area contributed by atoms with E-state index in [-0.39, 0.29) is 11.9 Å². The van der Waals surface area contributed by atoms with Gasteiger partial charge in [-0.15, -0.1) is 0 Å². The zero-order chi connectivity index (χ0) is 13.8. The SMILES string of the molecule is C[C@H](NC(=O)c1cc(N)cc(Cl)c1)c1ccccn1. The quantitative estimate of drug-likeness (QED) is 0.847. The van der Waals surface area contributed by atoms with Crippen LogP contribution >= 0.6 is 11.6 Å². The van der Waals surface area contributed by atoms with Crippen molar-refractivity contribution < 1.29 is 4.79 Å². The van der Waals surface area contributed by atoms with E-state index in [1.54, 1.807) is 24.4 Å². The Labute approximate surface area is 116 Å². The molecule has 19 heavy (non-hydrogen) atoms. The molecule has 5 heteroatoms. The van der Waals surface area contributed by atoms with Crippen LogP contribution in [0.5, 0.6) is 0 Å². The summed E-state index contributed by atoms with van der Waals surface area (Å²) in [5, 5.41) is 3.29. The standard InChI is InChI=1S/C14H14ClN3O/c1-9(13-4-2-3-5-17-13)18-14(19)10-6-11(15)8-12(16)7-10/h2-9H,16H2,1H3,(H,18,19)/t9-/m0/s1. The van der Waals surface area contributed by atoms with Gasteiger partial charge in [0.1, 0.15) is 0 Å². The number of nitrogens with one attached hydrogen (secondary N) is 1. The van der Waals surface area contributed by atoms with Crippen LogP contribution in [0.15, 0.2) is 42.6 Å². The molecule has 1 heterocycles. The molecule has 0 saturated carbocycles. The Morgan fingerprint density at radius 1 is 1.37 bits per heavy atom. The molecule has 0 bridgehead atoms. The fourth-order valence-electron chi connectivity index (χ4n) is 1.73. The minimum atomic E-state index is -0.229. The van der Waals surface area contributed by atoms with Gasteiger partial charge in [0.25, 0.3) is 5.91 Å². The molecule has 1 aromatic carbocycles. The molecule has 3 N–H and O–H groups in total. The first-order valence-corrected chi connectivity index (χ1v) is 6.22. The van der Waals surface area contributed by atoms with Gasteiger partial charge < -0.3 is 11.1 Å². The lowest BCUT2D eigenvalue weighted by molar-refractivity contribution is 0.0939. The fourth-order valence-corrected chi connectivity index (χ4v) is 1.97. The smallest absolute Gasteiger partial charge is 0.251 e. The molecule has 0 spiro atoms. The maximum Gasteiger partial charge on any atom is 0.251 e. The van der Waals surface area contributed by atoms with Crippen LogP contribution in [0.2, 0.25) is 5.02 Å². The van der Waals surface area contributed by atoms with Crippen LogP contribution in [-0.4, -0.2) is 10.9 Å². The van der Waals surface area contributed by atoms with Gasteiger partial charge in [-0.05, 0) is 37.3 Å². The van der Waals surface area contributed by atoms with Crippen molar-refractivity contribution in [3.8, 4) is 0 Å². The van der Waals surface area contributed by atoms with Crippen molar-refractivity contribution in [1.29, 1.82) is 0 Å². The molecule has 1 atom stereocenters. The molecule has 1 aromatic heterocycles. The van der Waals surface area contributed by atoms with Gasteiger partial charge in [-0.25, -0.2) is 0 Å². The summed E-state index contributed by atoms with van der Waals surface area (Å²) in [7, 11) is 0. The van der Waals surface area contributed by atoms with E-state index < -0.39 is 0 Å². The molecule has 0 fully saturated rings. The number of benzene rings is 1. The summed E-state index contributed by atoms with van der Waals surface area (Å²) in [5.74, 6) is -0.229. The Bertz CT molecular complexity index is 566. The summed E-state index contributed by atoms with van der Waals surface area (Å²) >= 11 is 5.88. The van der Waals surface area contributed by atoms with Crippen molar-refractivity contribution in [2.24, 2.45) is 0 Å². The molecule has 0 aliphatic carbocycles. The number of rotatable bonds is 3. The topological polar surface area (TPSA) is 68.0 Å². The fraction of sp³-hybridized carbons (Fsp3) is 0.143. The molecule has 1 amide bonds. The van der Waals surface area contributed by atoms with E-state index in [2.05, 4.69) is 10.3 Å². The van der Waals surface area contributed by atoms with Crippen LogP contribution in [-0.2, 0) is 0 Å². The van der Waals surface area contributed by atoms with Gasteiger partial charge in [-0.3, -0.25) is 9.78 Å². The molecule has 2 aromatic rings. The maximum absolute atomic E-state index is 12.1. The van der Waals surface area contributed by atoms with E-state index in [4.69, 9.17) is 17.3 Å². The second-order valence-corrected chi connectivity index (χ2v) is 4.66. The monoisotopic (exact) mass is 275 g/mol. The molecule has 4 nitrogen and oxygen atoms in total. The van der Waals surface area contributed by atoms with Crippen LogP contribution in [0.1, 0.15) is 29.0 Å². The normalized spacial score (nSPS) is 11.9. The predicted octanol–water partition coefficient (Wildman–Crippen LogP) is 2.81. The highest BCUT2D eigenvalue weighted by Gasteiger charge is 2.13. The second-order valence-electron chi connectivity index (χ2n) is 4.22. The first kappa shape index (κ1) is 13.4.